The maximum Gasteiger partial charge on any atom is 0.257 e. The minimum Gasteiger partial charge on any atom is -0.497 e. The summed E-state index contributed by atoms with van der Waals surface area (Å²) in [6.45, 7) is 0.152. The molecule has 0 aromatic heterocycles. The largest absolute Gasteiger partial charge is 0.497 e. The Morgan fingerprint density at radius 1 is 0.968 bits per heavy atom. The van der Waals surface area contributed by atoms with Crippen molar-refractivity contribution in [2.75, 3.05) is 19.0 Å². The Labute approximate surface area is 191 Å². The highest BCUT2D eigenvalue weighted by Gasteiger charge is 2.22. The molecule has 0 atom stereocenters. The van der Waals surface area contributed by atoms with Crippen LogP contribution in [-0.2, 0) is 16.4 Å². The number of nitrogens with one attached hydrogen (secondary N) is 2. The van der Waals surface area contributed by atoms with Gasteiger partial charge in [0.2, 0.25) is 10.0 Å². The summed E-state index contributed by atoms with van der Waals surface area (Å²) < 4.78 is 33.2. The minimum absolute atomic E-state index is 0.00505. The lowest BCUT2D eigenvalue weighted by Gasteiger charge is -2.12. The Bertz CT molecular complexity index is 1170. The number of ether oxygens (including phenoxy) is 1. The molecule has 0 saturated carbocycles. The molecule has 6 nitrogen and oxygen atoms in total. The molecular weight excluding hydrogens is 459 g/mol. The van der Waals surface area contributed by atoms with E-state index in [0.29, 0.717) is 12.1 Å². The number of sulfonamides is 1. The van der Waals surface area contributed by atoms with Gasteiger partial charge in [-0.3, -0.25) is 4.79 Å². The lowest BCUT2D eigenvalue weighted by Crippen LogP contribution is -2.26. The molecule has 31 heavy (non-hydrogen) atoms. The zero-order chi connectivity index (χ0) is 22.4. The van der Waals surface area contributed by atoms with Crippen molar-refractivity contribution in [1.82, 2.24) is 4.72 Å². The van der Waals surface area contributed by atoms with Crippen molar-refractivity contribution in [2.24, 2.45) is 0 Å². The molecule has 162 valence electrons. The highest BCUT2D eigenvalue weighted by atomic mass is 35.5. The molecule has 0 aliphatic rings. The van der Waals surface area contributed by atoms with E-state index in [-0.39, 0.29) is 27.0 Å². The molecule has 0 aliphatic heterocycles. The van der Waals surface area contributed by atoms with Crippen LogP contribution in [0.25, 0.3) is 0 Å². The van der Waals surface area contributed by atoms with Crippen molar-refractivity contribution in [3.05, 3.63) is 87.9 Å². The summed E-state index contributed by atoms with van der Waals surface area (Å²) in [5, 5.41) is 2.66. The highest BCUT2D eigenvalue weighted by Crippen LogP contribution is 2.29. The molecule has 0 bridgehead atoms. The number of rotatable bonds is 8. The number of hydrogen-bond donors (Lipinski definition) is 2. The van der Waals surface area contributed by atoms with Crippen LogP contribution >= 0.6 is 23.2 Å². The van der Waals surface area contributed by atoms with Gasteiger partial charge in [0.1, 0.15) is 10.6 Å². The quantitative estimate of drug-likeness (QED) is 0.487. The second-order valence-corrected chi connectivity index (χ2v) is 9.13. The number of para-hydroxylation sites is 1. The third-order valence-electron chi connectivity index (χ3n) is 4.45. The second kappa shape index (κ2) is 10.2. The zero-order valence-electron chi connectivity index (χ0n) is 16.6. The molecule has 0 unspecified atom stereocenters. The molecule has 2 N–H and O–H groups in total. The zero-order valence-corrected chi connectivity index (χ0v) is 18.9. The van der Waals surface area contributed by atoms with Gasteiger partial charge in [-0.05, 0) is 48.4 Å². The van der Waals surface area contributed by atoms with E-state index in [9.17, 15) is 13.2 Å². The Morgan fingerprint density at radius 3 is 2.29 bits per heavy atom. The van der Waals surface area contributed by atoms with Crippen LogP contribution in [0.1, 0.15) is 15.9 Å². The van der Waals surface area contributed by atoms with Crippen molar-refractivity contribution in [3.63, 3.8) is 0 Å². The summed E-state index contributed by atoms with van der Waals surface area (Å²) in [7, 11) is -2.39. The van der Waals surface area contributed by atoms with Gasteiger partial charge in [0.25, 0.3) is 5.91 Å². The predicted octanol–water partition coefficient (Wildman–Crippen LogP) is 4.78. The number of methoxy groups -OCH3 is 1. The molecule has 9 heteroatoms. The SMILES string of the molecule is COc1ccc(CCNS(=O)(=O)c2cc(C(=O)Nc3ccccc3)c(Cl)cc2Cl)cc1. The van der Waals surface area contributed by atoms with Crippen molar-refractivity contribution in [1.29, 1.82) is 0 Å². The molecule has 3 rings (SSSR count). The number of carbonyl (C=O) groups is 1. The fourth-order valence-corrected chi connectivity index (χ4v) is 4.72. The fourth-order valence-electron chi connectivity index (χ4n) is 2.83. The van der Waals surface area contributed by atoms with Crippen LogP contribution in [0, 0.1) is 0 Å². The van der Waals surface area contributed by atoms with Gasteiger partial charge in [-0.1, -0.05) is 53.5 Å². The third kappa shape index (κ3) is 5.98. The standard InChI is InChI=1S/C22H20Cl2N2O4S/c1-30-17-9-7-15(8-10-17)11-12-25-31(28,29)21-13-18(19(23)14-20(21)24)22(27)26-16-5-3-2-4-6-16/h2-10,13-14,25H,11-12H2,1H3,(H,26,27). The fraction of sp³-hybridized carbons (Fsp3) is 0.136. The molecule has 0 heterocycles. The molecule has 3 aromatic carbocycles. The first-order valence-electron chi connectivity index (χ1n) is 9.28. The Kier molecular flexibility index (Phi) is 7.56. The maximum atomic E-state index is 12.8. The monoisotopic (exact) mass is 478 g/mol. The van der Waals surface area contributed by atoms with Crippen molar-refractivity contribution in [2.45, 2.75) is 11.3 Å². The van der Waals surface area contributed by atoms with Crippen molar-refractivity contribution >= 4 is 44.8 Å². The number of anilines is 1. The third-order valence-corrected chi connectivity index (χ3v) is 6.69. The number of benzene rings is 3. The summed E-state index contributed by atoms with van der Waals surface area (Å²) in [5.41, 5.74) is 1.50. The van der Waals surface area contributed by atoms with E-state index >= 15 is 0 Å². The first kappa shape index (κ1) is 23.1. The predicted molar refractivity (Wildman–Crippen MR) is 123 cm³/mol. The first-order valence-corrected chi connectivity index (χ1v) is 11.5. The highest BCUT2D eigenvalue weighted by molar-refractivity contribution is 7.89. The van der Waals surface area contributed by atoms with Gasteiger partial charge in [0.05, 0.1) is 22.7 Å². The van der Waals surface area contributed by atoms with Gasteiger partial charge in [-0.25, -0.2) is 13.1 Å². The molecule has 3 aromatic rings. The minimum atomic E-state index is -3.96. The average Bonchev–Trinajstić information content (AvgIpc) is 2.74. The molecule has 0 spiro atoms. The lowest BCUT2D eigenvalue weighted by molar-refractivity contribution is 0.102. The van der Waals surface area contributed by atoms with Crippen LogP contribution in [0.5, 0.6) is 5.75 Å². The van der Waals surface area contributed by atoms with Crippen molar-refractivity contribution in [3.8, 4) is 5.75 Å². The number of amides is 1. The Morgan fingerprint density at radius 2 is 1.65 bits per heavy atom. The van der Waals surface area contributed by atoms with E-state index in [1.807, 2.05) is 18.2 Å². The van der Waals surface area contributed by atoms with Gasteiger partial charge < -0.3 is 10.1 Å². The van der Waals surface area contributed by atoms with Gasteiger partial charge in [0, 0.05) is 12.2 Å². The van der Waals surface area contributed by atoms with E-state index in [2.05, 4.69) is 10.0 Å². The van der Waals surface area contributed by atoms with E-state index < -0.39 is 15.9 Å². The second-order valence-electron chi connectivity index (χ2n) is 6.58. The van der Waals surface area contributed by atoms with Crippen LogP contribution in [0.3, 0.4) is 0 Å². The molecule has 1 amide bonds. The lowest BCUT2D eigenvalue weighted by atomic mass is 10.1. The van der Waals surface area contributed by atoms with Crippen LogP contribution in [0.4, 0.5) is 5.69 Å². The summed E-state index contributed by atoms with van der Waals surface area (Å²) >= 11 is 12.3. The molecule has 0 saturated heterocycles. The molecule has 0 aliphatic carbocycles. The topological polar surface area (TPSA) is 84.5 Å². The summed E-state index contributed by atoms with van der Waals surface area (Å²) in [6, 6.07) is 18.5. The molecule has 0 radical (unpaired) electrons. The first-order chi connectivity index (χ1) is 14.8. The number of hydrogen-bond acceptors (Lipinski definition) is 4. The van der Waals surface area contributed by atoms with Crippen LogP contribution in [0.2, 0.25) is 10.0 Å². The van der Waals surface area contributed by atoms with Crippen LogP contribution in [0.15, 0.2) is 71.6 Å². The summed E-state index contributed by atoms with van der Waals surface area (Å²) in [4.78, 5) is 12.4. The van der Waals surface area contributed by atoms with Gasteiger partial charge in [-0.2, -0.15) is 0 Å². The average molecular weight is 479 g/mol. The molecular formula is C22H20Cl2N2O4S. The van der Waals surface area contributed by atoms with Crippen LogP contribution < -0.4 is 14.8 Å². The number of carbonyl (C=O) groups excluding carboxylic acids is 1. The van der Waals surface area contributed by atoms with E-state index in [1.54, 1.807) is 43.5 Å². The van der Waals surface area contributed by atoms with Gasteiger partial charge in [-0.15, -0.1) is 0 Å². The maximum absolute atomic E-state index is 12.8. The van der Waals surface area contributed by atoms with E-state index in [1.165, 1.54) is 12.1 Å². The van der Waals surface area contributed by atoms with Gasteiger partial charge >= 0.3 is 0 Å². The van der Waals surface area contributed by atoms with Gasteiger partial charge in [0.15, 0.2) is 0 Å². The Balaban J connectivity index is 1.75. The summed E-state index contributed by atoms with van der Waals surface area (Å²) in [6.07, 6.45) is 0.468. The van der Waals surface area contributed by atoms with E-state index in [4.69, 9.17) is 27.9 Å². The van der Waals surface area contributed by atoms with Crippen LogP contribution in [-0.4, -0.2) is 28.0 Å². The smallest absolute Gasteiger partial charge is 0.257 e. The normalized spacial score (nSPS) is 11.2. The van der Waals surface area contributed by atoms with Crippen molar-refractivity contribution < 1.29 is 17.9 Å². The summed E-state index contributed by atoms with van der Waals surface area (Å²) in [5.74, 6) is 0.182. The van der Waals surface area contributed by atoms with E-state index in [0.717, 1.165) is 11.3 Å². The number of halogens is 2. The Hall–Kier alpha value is -2.58. The molecule has 0 fully saturated rings.